The SMILES string of the molecule is CCOC(=O)c1sc2nc(C)nc(N3CCOC[C@H]3c3ncn[nH]3)c2c1C. The van der Waals surface area contributed by atoms with Crippen molar-refractivity contribution in [2.45, 2.75) is 26.8 Å². The van der Waals surface area contributed by atoms with Gasteiger partial charge in [0.25, 0.3) is 0 Å². The monoisotopic (exact) mass is 388 g/mol. The second-order valence-electron chi connectivity index (χ2n) is 6.21. The Morgan fingerprint density at radius 2 is 2.30 bits per heavy atom. The molecular formula is C17H20N6O3S. The average Bonchev–Trinajstić information content (AvgIpc) is 3.30. The summed E-state index contributed by atoms with van der Waals surface area (Å²) in [5.74, 6) is 1.83. The van der Waals surface area contributed by atoms with Gasteiger partial charge in [0.1, 0.15) is 39.5 Å². The van der Waals surface area contributed by atoms with Crippen molar-refractivity contribution in [1.29, 1.82) is 0 Å². The quantitative estimate of drug-likeness (QED) is 0.678. The molecule has 0 aromatic carbocycles. The van der Waals surface area contributed by atoms with Crippen LogP contribution in [-0.2, 0) is 9.47 Å². The van der Waals surface area contributed by atoms with E-state index in [1.807, 2.05) is 13.8 Å². The number of aromatic amines is 1. The molecule has 4 rings (SSSR count). The van der Waals surface area contributed by atoms with Gasteiger partial charge in [-0.1, -0.05) is 0 Å². The first-order chi connectivity index (χ1) is 13.1. The first-order valence-corrected chi connectivity index (χ1v) is 9.56. The van der Waals surface area contributed by atoms with Crippen molar-refractivity contribution in [3.05, 3.63) is 28.4 Å². The normalized spacial score (nSPS) is 17.4. The molecule has 3 aromatic rings. The van der Waals surface area contributed by atoms with Crippen LogP contribution in [0.5, 0.6) is 0 Å². The second kappa shape index (κ2) is 7.20. The van der Waals surface area contributed by atoms with E-state index in [0.29, 0.717) is 37.1 Å². The second-order valence-corrected chi connectivity index (χ2v) is 7.21. The van der Waals surface area contributed by atoms with E-state index >= 15 is 0 Å². The number of aryl methyl sites for hydroxylation is 2. The van der Waals surface area contributed by atoms with Crippen LogP contribution in [0.1, 0.15) is 39.8 Å². The summed E-state index contributed by atoms with van der Waals surface area (Å²) in [5, 5.41) is 7.76. The Balaban J connectivity index is 1.86. The summed E-state index contributed by atoms with van der Waals surface area (Å²) in [6.45, 7) is 7.62. The minimum atomic E-state index is -0.324. The predicted molar refractivity (Wildman–Crippen MR) is 100 cm³/mol. The molecule has 1 aliphatic heterocycles. The van der Waals surface area contributed by atoms with E-state index in [1.54, 1.807) is 6.92 Å². The molecule has 142 valence electrons. The van der Waals surface area contributed by atoms with Crippen LogP contribution in [0.4, 0.5) is 5.82 Å². The highest BCUT2D eigenvalue weighted by molar-refractivity contribution is 7.20. The summed E-state index contributed by atoms with van der Waals surface area (Å²) in [5.41, 5.74) is 0.839. The minimum Gasteiger partial charge on any atom is -0.462 e. The van der Waals surface area contributed by atoms with Gasteiger partial charge in [0, 0.05) is 6.54 Å². The first kappa shape index (κ1) is 17.8. The first-order valence-electron chi connectivity index (χ1n) is 8.74. The Kier molecular flexibility index (Phi) is 4.75. The van der Waals surface area contributed by atoms with Gasteiger partial charge in [-0.2, -0.15) is 5.10 Å². The zero-order valence-electron chi connectivity index (χ0n) is 15.4. The fraction of sp³-hybridized carbons (Fsp3) is 0.471. The summed E-state index contributed by atoms with van der Waals surface area (Å²) >= 11 is 1.34. The molecule has 0 radical (unpaired) electrons. The fourth-order valence-corrected chi connectivity index (χ4v) is 4.39. The summed E-state index contributed by atoms with van der Waals surface area (Å²) in [6.07, 6.45) is 1.48. The number of rotatable bonds is 4. The van der Waals surface area contributed by atoms with Crippen LogP contribution in [0.25, 0.3) is 10.2 Å². The van der Waals surface area contributed by atoms with Crippen molar-refractivity contribution in [3.8, 4) is 0 Å². The van der Waals surface area contributed by atoms with Gasteiger partial charge in [0.05, 0.1) is 25.2 Å². The van der Waals surface area contributed by atoms with Gasteiger partial charge in [-0.15, -0.1) is 11.3 Å². The third-order valence-corrected chi connectivity index (χ3v) is 5.66. The van der Waals surface area contributed by atoms with Crippen molar-refractivity contribution in [1.82, 2.24) is 25.1 Å². The average molecular weight is 388 g/mol. The molecule has 1 aliphatic rings. The van der Waals surface area contributed by atoms with Crippen LogP contribution < -0.4 is 4.90 Å². The van der Waals surface area contributed by atoms with E-state index in [4.69, 9.17) is 14.5 Å². The number of aromatic nitrogens is 5. The van der Waals surface area contributed by atoms with Gasteiger partial charge in [0.15, 0.2) is 0 Å². The highest BCUT2D eigenvalue weighted by atomic mass is 32.1. The van der Waals surface area contributed by atoms with Crippen LogP contribution in [-0.4, -0.2) is 57.5 Å². The number of nitrogens with one attached hydrogen (secondary N) is 1. The molecule has 0 bridgehead atoms. The van der Waals surface area contributed by atoms with Gasteiger partial charge in [-0.25, -0.2) is 19.7 Å². The molecule has 10 heteroatoms. The molecule has 1 N–H and O–H groups in total. The molecule has 0 unspecified atom stereocenters. The van der Waals surface area contributed by atoms with Gasteiger partial charge in [-0.05, 0) is 26.3 Å². The number of carbonyl (C=O) groups excluding carboxylic acids is 1. The maximum atomic E-state index is 12.3. The number of fused-ring (bicyclic) bond motifs is 1. The lowest BCUT2D eigenvalue weighted by atomic mass is 10.1. The van der Waals surface area contributed by atoms with Crippen molar-refractivity contribution < 1.29 is 14.3 Å². The number of esters is 1. The summed E-state index contributed by atoms with van der Waals surface area (Å²) in [7, 11) is 0. The molecule has 0 spiro atoms. The topological polar surface area (TPSA) is 106 Å². The van der Waals surface area contributed by atoms with E-state index in [2.05, 4.69) is 25.1 Å². The fourth-order valence-electron chi connectivity index (χ4n) is 3.28. The lowest BCUT2D eigenvalue weighted by molar-refractivity contribution is 0.0531. The number of anilines is 1. The molecule has 3 aromatic heterocycles. The third kappa shape index (κ3) is 3.15. The Morgan fingerprint density at radius 3 is 3.04 bits per heavy atom. The van der Waals surface area contributed by atoms with Gasteiger partial charge >= 0.3 is 5.97 Å². The lowest BCUT2D eigenvalue weighted by Crippen LogP contribution is -2.41. The van der Waals surface area contributed by atoms with Crippen molar-refractivity contribution in [2.24, 2.45) is 0 Å². The van der Waals surface area contributed by atoms with E-state index in [9.17, 15) is 4.79 Å². The van der Waals surface area contributed by atoms with Gasteiger partial charge < -0.3 is 14.4 Å². The number of hydrogen-bond acceptors (Lipinski definition) is 9. The smallest absolute Gasteiger partial charge is 0.348 e. The van der Waals surface area contributed by atoms with E-state index in [-0.39, 0.29) is 12.0 Å². The van der Waals surface area contributed by atoms with Crippen LogP contribution in [0.15, 0.2) is 6.33 Å². The Bertz CT molecular complexity index is 971. The number of thiophene rings is 1. The molecule has 27 heavy (non-hydrogen) atoms. The predicted octanol–water partition coefficient (Wildman–Crippen LogP) is 2.18. The molecule has 0 aliphatic carbocycles. The number of morpholine rings is 1. The Morgan fingerprint density at radius 1 is 1.44 bits per heavy atom. The molecule has 9 nitrogen and oxygen atoms in total. The van der Waals surface area contributed by atoms with E-state index in [1.165, 1.54) is 17.7 Å². The van der Waals surface area contributed by atoms with Crippen LogP contribution in [0, 0.1) is 13.8 Å². The summed E-state index contributed by atoms with van der Waals surface area (Å²) in [6, 6.07) is -0.135. The Labute approximate surface area is 159 Å². The number of ether oxygens (including phenoxy) is 2. The number of hydrogen-bond donors (Lipinski definition) is 1. The molecular weight excluding hydrogens is 368 g/mol. The number of H-pyrrole nitrogens is 1. The van der Waals surface area contributed by atoms with Gasteiger partial charge in [0.2, 0.25) is 0 Å². The zero-order chi connectivity index (χ0) is 19.0. The highest BCUT2D eigenvalue weighted by Gasteiger charge is 2.31. The van der Waals surface area contributed by atoms with Crippen molar-refractivity contribution in [3.63, 3.8) is 0 Å². The van der Waals surface area contributed by atoms with E-state index in [0.717, 1.165) is 27.4 Å². The molecule has 4 heterocycles. The molecule has 1 saturated heterocycles. The zero-order valence-corrected chi connectivity index (χ0v) is 16.2. The van der Waals surface area contributed by atoms with Crippen LogP contribution >= 0.6 is 11.3 Å². The van der Waals surface area contributed by atoms with Crippen LogP contribution in [0.2, 0.25) is 0 Å². The van der Waals surface area contributed by atoms with Crippen LogP contribution in [0.3, 0.4) is 0 Å². The summed E-state index contributed by atoms with van der Waals surface area (Å²) < 4.78 is 10.9. The van der Waals surface area contributed by atoms with E-state index < -0.39 is 0 Å². The molecule has 1 atom stereocenters. The maximum Gasteiger partial charge on any atom is 0.348 e. The van der Waals surface area contributed by atoms with Crippen molar-refractivity contribution >= 4 is 33.3 Å². The maximum absolute atomic E-state index is 12.3. The molecule has 0 amide bonds. The third-order valence-electron chi connectivity index (χ3n) is 4.49. The molecule has 1 fully saturated rings. The summed E-state index contributed by atoms with van der Waals surface area (Å²) in [4.78, 5) is 29.4. The Hall–Kier alpha value is -2.59. The van der Waals surface area contributed by atoms with Crippen molar-refractivity contribution in [2.75, 3.05) is 31.3 Å². The highest BCUT2D eigenvalue weighted by Crippen LogP contribution is 2.38. The molecule has 0 saturated carbocycles. The van der Waals surface area contributed by atoms with Gasteiger partial charge in [-0.3, -0.25) is 5.10 Å². The largest absolute Gasteiger partial charge is 0.462 e. The standard InChI is InChI=1S/C17H20N6O3S/c1-4-26-17(24)13-9(2)12-15(20-10(3)21-16(12)27-13)23-5-6-25-7-11(23)14-18-8-19-22-14/h8,11H,4-7H2,1-3H3,(H,18,19,22)/t11-/m0/s1. The lowest BCUT2D eigenvalue weighted by Gasteiger charge is -2.35. The number of nitrogens with zero attached hydrogens (tertiary/aromatic N) is 5. The number of carbonyl (C=O) groups is 1. The minimum absolute atomic E-state index is 0.135.